The van der Waals surface area contributed by atoms with Crippen LogP contribution in [0.15, 0.2) is 27.9 Å². The Kier molecular flexibility index (Phi) is 7.97. The zero-order valence-corrected chi connectivity index (χ0v) is 24.9. The Balaban J connectivity index is 1.76. The van der Waals surface area contributed by atoms with Gasteiger partial charge < -0.3 is 14.5 Å². The molecule has 1 fully saturated rings. The lowest BCUT2D eigenvalue weighted by molar-refractivity contribution is -0.0725. The van der Waals surface area contributed by atoms with Gasteiger partial charge in [-0.15, -0.1) is 10.2 Å². The highest BCUT2D eigenvalue weighted by Crippen LogP contribution is 2.36. The van der Waals surface area contributed by atoms with Gasteiger partial charge in [-0.2, -0.15) is 4.72 Å². The van der Waals surface area contributed by atoms with Crippen LogP contribution in [-0.2, 0) is 21.3 Å². The number of rotatable bonds is 8. The predicted octanol–water partition coefficient (Wildman–Crippen LogP) is 2.78. The molecular formula is C25H30F3N7O5S2. The number of carbonyl (C=O) groups excluding carboxylic acids is 1. The van der Waals surface area contributed by atoms with E-state index in [1.807, 2.05) is 13.0 Å². The number of hydrogen-bond acceptors (Lipinski definition) is 8. The number of alkyl halides is 3. The minimum Gasteiger partial charge on any atom is -0.377 e. The van der Waals surface area contributed by atoms with Crippen molar-refractivity contribution in [3.63, 3.8) is 0 Å². The summed E-state index contributed by atoms with van der Waals surface area (Å²) < 4.78 is 77.8. The van der Waals surface area contributed by atoms with E-state index in [1.54, 1.807) is 25.9 Å². The summed E-state index contributed by atoms with van der Waals surface area (Å²) in [5, 5.41) is 6.55. The quantitative estimate of drug-likeness (QED) is 0.406. The van der Waals surface area contributed by atoms with Gasteiger partial charge in [-0.1, -0.05) is 17.4 Å². The molecule has 3 aromatic rings. The summed E-state index contributed by atoms with van der Waals surface area (Å²) in [5.41, 5.74) is -0.462. The molecule has 0 aliphatic carbocycles. The second kappa shape index (κ2) is 11.1. The Morgan fingerprint density at radius 2 is 2.00 bits per heavy atom. The lowest BCUT2D eigenvalue weighted by Gasteiger charge is -2.39. The van der Waals surface area contributed by atoms with Gasteiger partial charge in [0.1, 0.15) is 12.2 Å². The minimum atomic E-state index is -4.36. The molecule has 2 aliphatic heterocycles. The highest BCUT2D eigenvalue weighted by Gasteiger charge is 2.43. The molecule has 42 heavy (non-hydrogen) atoms. The molecule has 1 N–H and O–H groups in total. The van der Waals surface area contributed by atoms with Gasteiger partial charge in [-0.05, 0) is 38.0 Å². The number of urea groups is 1. The standard InChI is InChI=1S/C25H30F3N7O5S2/c1-5-33-19-17(15-6-7-34(14(2)8-15)23(36)32(3)4)9-16(42(38,39)31-25(11-26)12-40-13-25)10-18(19)35(24(33)37)22-30-29-21(41-22)20(27)28/h8-10,14,20,31H,5-7,11-13H2,1-4H3/t14-/m1/s1. The van der Waals surface area contributed by atoms with Crippen molar-refractivity contribution in [1.29, 1.82) is 0 Å². The van der Waals surface area contributed by atoms with Gasteiger partial charge in [0.25, 0.3) is 6.43 Å². The van der Waals surface area contributed by atoms with Crippen molar-refractivity contribution in [2.45, 2.75) is 49.7 Å². The molecule has 12 nitrogen and oxygen atoms in total. The van der Waals surface area contributed by atoms with E-state index in [-0.39, 0.29) is 47.4 Å². The molecule has 0 spiro atoms. The number of nitrogens with one attached hydrogen (secondary N) is 1. The third kappa shape index (κ3) is 5.11. The number of fused-ring (bicyclic) bond motifs is 1. The molecule has 0 unspecified atom stereocenters. The molecule has 2 amide bonds. The first-order chi connectivity index (χ1) is 19.8. The molecule has 228 valence electrons. The Hall–Kier alpha value is -3.28. The van der Waals surface area contributed by atoms with Crippen LogP contribution in [0.1, 0.15) is 37.3 Å². The predicted molar refractivity (Wildman–Crippen MR) is 149 cm³/mol. The minimum absolute atomic E-state index is 0.108. The number of sulfonamides is 1. The Morgan fingerprint density at radius 3 is 2.52 bits per heavy atom. The molecule has 0 saturated carbocycles. The second-order valence-electron chi connectivity index (χ2n) is 10.5. The van der Waals surface area contributed by atoms with E-state index in [1.165, 1.54) is 21.6 Å². The molecule has 17 heteroatoms. The van der Waals surface area contributed by atoms with Gasteiger partial charge in [0.05, 0.1) is 29.1 Å². The molecule has 2 aromatic heterocycles. The smallest absolute Gasteiger partial charge is 0.335 e. The van der Waals surface area contributed by atoms with Crippen LogP contribution in [0.4, 0.5) is 18.0 Å². The van der Waals surface area contributed by atoms with Crippen molar-refractivity contribution in [3.8, 4) is 5.13 Å². The lowest BCUT2D eigenvalue weighted by Crippen LogP contribution is -2.63. The molecule has 1 atom stereocenters. The van der Waals surface area contributed by atoms with Gasteiger partial charge >= 0.3 is 11.7 Å². The van der Waals surface area contributed by atoms with Crippen molar-refractivity contribution in [3.05, 3.63) is 39.3 Å². The number of aryl methyl sites for hydroxylation is 1. The van der Waals surface area contributed by atoms with Crippen LogP contribution in [0.3, 0.4) is 0 Å². The summed E-state index contributed by atoms with van der Waals surface area (Å²) in [6.45, 7) is 2.78. The van der Waals surface area contributed by atoms with E-state index in [0.29, 0.717) is 41.0 Å². The Labute approximate surface area is 243 Å². The third-order valence-corrected chi connectivity index (χ3v) is 9.80. The van der Waals surface area contributed by atoms with Crippen LogP contribution in [0.25, 0.3) is 21.7 Å². The molecule has 4 heterocycles. The zero-order valence-electron chi connectivity index (χ0n) is 23.3. The molecular weight excluding hydrogens is 599 g/mol. The first kappa shape index (κ1) is 30.2. The fourth-order valence-electron chi connectivity index (χ4n) is 5.17. The van der Waals surface area contributed by atoms with E-state index in [0.717, 1.165) is 4.57 Å². The number of nitrogens with zero attached hydrogens (tertiary/aromatic N) is 6. The van der Waals surface area contributed by atoms with Crippen molar-refractivity contribution >= 4 is 44.0 Å². The molecule has 5 rings (SSSR count). The van der Waals surface area contributed by atoms with Crippen molar-refractivity contribution < 1.29 is 31.1 Å². The number of halogens is 3. The largest absolute Gasteiger partial charge is 0.377 e. The van der Waals surface area contributed by atoms with E-state index in [9.17, 15) is 31.2 Å². The number of aromatic nitrogens is 4. The van der Waals surface area contributed by atoms with Crippen molar-refractivity contribution in [2.75, 3.05) is 40.5 Å². The molecule has 1 aromatic carbocycles. The summed E-state index contributed by atoms with van der Waals surface area (Å²) in [5.74, 6) is 0. The second-order valence-corrected chi connectivity index (χ2v) is 13.2. The monoisotopic (exact) mass is 629 g/mol. The summed E-state index contributed by atoms with van der Waals surface area (Å²) in [6, 6.07) is 2.11. The Bertz CT molecular complexity index is 1720. The number of amides is 2. The number of ether oxygens (including phenoxy) is 1. The average molecular weight is 630 g/mol. The van der Waals surface area contributed by atoms with Gasteiger partial charge in [-0.25, -0.2) is 35.7 Å². The molecule has 0 radical (unpaired) electrons. The normalized spacial score (nSPS) is 18.8. The van der Waals surface area contributed by atoms with E-state index in [2.05, 4.69) is 14.9 Å². The highest BCUT2D eigenvalue weighted by molar-refractivity contribution is 7.89. The maximum Gasteiger partial charge on any atom is 0.335 e. The summed E-state index contributed by atoms with van der Waals surface area (Å²) in [4.78, 5) is 29.2. The Morgan fingerprint density at radius 1 is 1.29 bits per heavy atom. The van der Waals surface area contributed by atoms with E-state index < -0.39 is 39.4 Å². The number of hydrogen-bond donors (Lipinski definition) is 1. The number of imidazole rings is 1. The molecule has 0 bridgehead atoms. The van der Waals surface area contributed by atoms with Crippen LogP contribution >= 0.6 is 11.3 Å². The van der Waals surface area contributed by atoms with Crippen LogP contribution in [-0.4, -0.2) is 95.7 Å². The fraction of sp³-hybridized carbons (Fsp3) is 0.520. The van der Waals surface area contributed by atoms with Gasteiger partial charge in [0.15, 0.2) is 5.01 Å². The molecule has 1 saturated heterocycles. The first-order valence-electron chi connectivity index (χ1n) is 13.1. The van der Waals surface area contributed by atoms with Crippen LogP contribution < -0.4 is 10.4 Å². The van der Waals surface area contributed by atoms with E-state index in [4.69, 9.17) is 4.74 Å². The van der Waals surface area contributed by atoms with Crippen molar-refractivity contribution in [2.24, 2.45) is 0 Å². The van der Waals surface area contributed by atoms with Crippen LogP contribution in [0.2, 0.25) is 0 Å². The first-order valence-corrected chi connectivity index (χ1v) is 15.4. The fourth-order valence-corrected chi connectivity index (χ4v) is 7.27. The van der Waals surface area contributed by atoms with Gasteiger partial charge in [0.2, 0.25) is 15.2 Å². The van der Waals surface area contributed by atoms with Crippen molar-refractivity contribution in [1.82, 2.24) is 33.9 Å². The summed E-state index contributed by atoms with van der Waals surface area (Å²) in [7, 11) is -1.07. The van der Waals surface area contributed by atoms with Crippen LogP contribution in [0.5, 0.6) is 0 Å². The maximum atomic E-state index is 13.8. The summed E-state index contributed by atoms with van der Waals surface area (Å²) >= 11 is 0.517. The zero-order chi connectivity index (χ0) is 30.6. The van der Waals surface area contributed by atoms with Gasteiger partial charge in [-0.3, -0.25) is 4.57 Å². The lowest BCUT2D eigenvalue weighted by atomic mass is 9.95. The topological polar surface area (TPSA) is 132 Å². The number of carbonyl (C=O) groups is 1. The van der Waals surface area contributed by atoms with E-state index >= 15 is 0 Å². The third-order valence-electron chi connectivity index (χ3n) is 7.32. The number of benzene rings is 1. The highest BCUT2D eigenvalue weighted by atomic mass is 32.2. The van der Waals surface area contributed by atoms with Gasteiger partial charge in [0, 0.05) is 38.8 Å². The summed E-state index contributed by atoms with van der Waals surface area (Å²) in [6.07, 6.45) is -0.741. The maximum absolute atomic E-state index is 13.8. The average Bonchev–Trinajstić information content (AvgIpc) is 3.51. The molecule has 2 aliphatic rings. The van der Waals surface area contributed by atoms with Crippen LogP contribution in [0, 0.1) is 0 Å². The SMILES string of the molecule is CCn1c(=O)n(-c2nnc(C(F)F)s2)c2cc(S(=O)(=O)NC3(CF)COC3)cc(C3=C[C@@H](C)N(C(=O)N(C)C)CC3)c21.